The second-order valence-electron chi connectivity index (χ2n) is 5.87. The predicted octanol–water partition coefficient (Wildman–Crippen LogP) is 5.67. The summed E-state index contributed by atoms with van der Waals surface area (Å²) in [7, 11) is 0. The van der Waals surface area contributed by atoms with Crippen molar-refractivity contribution < 1.29 is 4.42 Å². The van der Waals surface area contributed by atoms with Gasteiger partial charge in [0.25, 0.3) is 0 Å². The number of hydrogen-bond acceptors (Lipinski definition) is 2. The van der Waals surface area contributed by atoms with E-state index in [-0.39, 0.29) is 0 Å². The van der Waals surface area contributed by atoms with Gasteiger partial charge in [0.1, 0.15) is 0 Å². The molecule has 0 aliphatic carbocycles. The maximum atomic E-state index is 5.99. The average molecular weight is 498 g/mol. The maximum absolute atomic E-state index is 5.99. The second-order valence-corrected chi connectivity index (χ2v) is 19.4. The van der Waals surface area contributed by atoms with Crippen molar-refractivity contribution in [1.29, 1.82) is 0 Å². The summed E-state index contributed by atoms with van der Waals surface area (Å²) >= 11 is 0.00159. The van der Waals surface area contributed by atoms with Crippen molar-refractivity contribution in [1.82, 2.24) is 4.98 Å². The Kier molecular flexibility index (Phi) is 9.83. The van der Waals surface area contributed by atoms with Crippen LogP contribution in [-0.4, -0.2) is 23.4 Å². The fourth-order valence-electron chi connectivity index (χ4n) is 2.85. The third kappa shape index (κ3) is 5.50. The third-order valence-electron chi connectivity index (χ3n) is 4.17. The molecule has 2 nitrogen and oxygen atoms in total. The van der Waals surface area contributed by atoms with Crippen LogP contribution >= 0.6 is 22.6 Å². The molecule has 1 aromatic heterocycles. The van der Waals surface area contributed by atoms with Gasteiger partial charge < -0.3 is 0 Å². The molecule has 0 aliphatic rings. The van der Waals surface area contributed by atoms with E-state index in [0.29, 0.717) is 0 Å². The molecule has 116 valence electrons. The molecule has 0 fully saturated rings. The summed E-state index contributed by atoms with van der Waals surface area (Å²) in [5, 5.41) is 0. The van der Waals surface area contributed by atoms with Gasteiger partial charge in [-0.05, 0) is 0 Å². The van der Waals surface area contributed by atoms with Crippen molar-refractivity contribution in [2.45, 2.75) is 77.0 Å². The molecule has 20 heavy (non-hydrogen) atoms. The molecule has 0 saturated carbocycles. The molecule has 0 spiro atoms. The Morgan fingerprint density at radius 2 is 1.50 bits per heavy atom. The van der Waals surface area contributed by atoms with Crippen LogP contribution in [-0.2, 0) is 4.43 Å². The van der Waals surface area contributed by atoms with Crippen molar-refractivity contribution in [3.63, 3.8) is 0 Å². The Labute approximate surface area is 142 Å². The number of aromatic nitrogens is 1. The van der Waals surface area contributed by atoms with Gasteiger partial charge >= 0.3 is 143 Å². The molecule has 0 aromatic carbocycles. The number of nitrogens with zero attached hydrogens (tertiary/aromatic N) is 1. The molecule has 4 heteroatoms. The number of oxazole rings is 1. The van der Waals surface area contributed by atoms with Crippen molar-refractivity contribution in [3.05, 3.63) is 12.0 Å². The van der Waals surface area contributed by atoms with Crippen LogP contribution in [0.4, 0.5) is 0 Å². The van der Waals surface area contributed by atoms with Gasteiger partial charge in [0.2, 0.25) is 0 Å². The fourth-order valence-corrected chi connectivity index (χ4v) is 18.0. The van der Waals surface area contributed by atoms with Crippen molar-refractivity contribution in [2.75, 3.05) is 0 Å². The van der Waals surface area contributed by atoms with E-state index in [1.54, 1.807) is 0 Å². The van der Waals surface area contributed by atoms with Gasteiger partial charge in [-0.3, -0.25) is 0 Å². The summed E-state index contributed by atoms with van der Waals surface area (Å²) in [5.74, 6) is 0. The first-order chi connectivity index (χ1) is 9.72. The molecular formula is C16H30INOSn. The van der Waals surface area contributed by atoms with Gasteiger partial charge in [-0.25, -0.2) is 0 Å². The van der Waals surface area contributed by atoms with Gasteiger partial charge in [0, 0.05) is 0 Å². The minimum absolute atomic E-state index is 0.971. The molecular weight excluding hydrogens is 468 g/mol. The number of halogens is 1. The molecule has 0 amide bonds. The summed E-state index contributed by atoms with van der Waals surface area (Å²) in [4.78, 5) is 4.88. The van der Waals surface area contributed by atoms with E-state index in [9.17, 15) is 0 Å². The van der Waals surface area contributed by atoms with Crippen LogP contribution < -0.4 is 3.91 Å². The molecule has 1 aromatic rings. The Morgan fingerprint density at radius 3 is 1.85 bits per heavy atom. The first kappa shape index (κ1) is 18.8. The van der Waals surface area contributed by atoms with E-state index >= 15 is 0 Å². The van der Waals surface area contributed by atoms with E-state index in [1.165, 1.54) is 55.7 Å². The van der Waals surface area contributed by atoms with Gasteiger partial charge in [0.05, 0.1) is 0 Å². The Hall–Kier alpha value is 0.739. The zero-order valence-electron chi connectivity index (χ0n) is 13.4. The average Bonchev–Trinajstić information content (AvgIpc) is 2.96. The number of rotatable bonds is 11. The van der Waals surface area contributed by atoms with Gasteiger partial charge in [-0.1, -0.05) is 0 Å². The number of alkyl halides is 1. The van der Waals surface area contributed by atoms with Crippen LogP contribution in [0.15, 0.2) is 10.7 Å². The number of hydrogen-bond donors (Lipinski definition) is 0. The fraction of sp³-hybridized carbons (Fsp3) is 0.812. The first-order valence-electron chi connectivity index (χ1n) is 8.23. The van der Waals surface area contributed by atoms with E-state index in [2.05, 4.69) is 43.4 Å². The standard InChI is InChI=1S/C4H3INO.3C4H9.Sn/c5-1-4-2-7-3-6-4;3*1-3-4-2;/h2H,1H2;3*1,3-4H2,2H3;. The zero-order valence-corrected chi connectivity index (χ0v) is 18.4. The molecule has 0 aliphatic heterocycles. The van der Waals surface area contributed by atoms with Crippen LogP contribution in [0.1, 0.15) is 65.0 Å². The van der Waals surface area contributed by atoms with Gasteiger partial charge in [-0.2, -0.15) is 0 Å². The summed E-state index contributed by atoms with van der Waals surface area (Å²) < 4.78 is 12.5. The van der Waals surface area contributed by atoms with Crippen LogP contribution in [0.5, 0.6) is 0 Å². The third-order valence-corrected chi connectivity index (χ3v) is 19.4. The van der Waals surface area contributed by atoms with E-state index < -0.39 is 18.4 Å². The van der Waals surface area contributed by atoms with Crippen LogP contribution in [0.2, 0.25) is 13.3 Å². The topological polar surface area (TPSA) is 26.0 Å². The summed E-state index contributed by atoms with van der Waals surface area (Å²) in [5.41, 5.74) is 1.14. The predicted molar refractivity (Wildman–Crippen MR) is 98.8 cm³/mol. The van der Waals surface area contributed by atoms with Gasteiger partial charge in [-0.15, -0.1) is 0 Å². The van der Waals surface area contributed by atoms with E-state index in [4.69, 9.17) is 9.40 Å². The molecule has 0 atom stereocenters. The molecule has 0 saturated heterocycles. The zero-order chi connectivity index (χ0) is 14.8. The molecule has 0 bridgehead atoms. The summed E-state index contributed by atoms with van der Waals surface area (Å²) in [6.45, 7) is 6.92. The van der Waals surface area contributed by atoms with Crippen LogP contribution in [0.3, 0.4) is 0 Å². The Bertz CT molecular complexity index is 345. The summed E-state index contributed by atoms with van der Waals surface area (Å²) in [6.07, 6.45) is 9.92. The van der Waals surface area contributed by atoms with Crippen molar-refractivity contribution in [3.8, 4) is 0 Å². The number of unbranched alkanes of at least 4 members (excludes halogenated alkanes) is 3. The molecule has 1 heterocycles. The molecule has 0 radical (unpaired) electrons. The molecule has 0 unspecified atom stereocenters. The molecule has 0 N–H and O–H groups in total. The van der Waals surface area contributed by atoms with Gasteiger partial charge in [0.15, 0.2) is 0 Å². The normalized spacial score (nSPS) is 12.0. The second kappa shape index (κ2) is 10.5. The monoisotopic (exact) mass is 499 g/mol. The Balaban J connectivity index is 2.97. The Morgan fingerprint density at radius 1 is 1.00 bits per heavy atom. The minimum atomic E-state index is -2.38. The summed E-state index contributed by atoms with van der Waals surface area (Å²) in [6, 6.07) is 0. The van der Waals surface area contributed by atoms with Crippen LogP contribution in [0, 0.1) is 0 Å². The van der Waals surface area contributed by atoms with Crippen molar-refractivity contribution in [2.24, 2.45) is 0 Å². The van der Waals surface area contributed by atoms with Crippen LogP contribution in [0.25, 0.3) is 0 Å². The first-order valence-corrected chi connectivity index (χ1v) is 17.2. The SMILES string of the molecule is CCC[CH2][Sn]([CH2]CCC)([CH2]CCC)[c]1nc(CI)co1. The quantitative estimate of drug-likeness (QED) is 0.224. The van der Waals surface area contributed by atoms with Crippen molar-refractivity contribution >= 4 is 44.9 Å². The molecule has 1 rings (SSSR count). The van der Waals surface area contributed by atoms with E-state index in [0.717, 1.165) is 10.1 Å². The van der Waals surface area contributed by atoms with E-state index in [1.807, 2.05) is 6.26 Å².